The maximum atomic E-state index is 10.4. The molecule has 0 bridgehead atoms. The van der Waals surface area contributed by atoms with E-state index in [1.165, 1.54) is 30.1 Å². The van der Waals surface area contributed by atoms with Gasteiger partial charge in [-0.25, -0.2) is 13.9 Å². The van der Waals surface area contributed by atoms with Crippen LogP contribution in [0.1, 0.15) is 26.5 Å². The Bertz CT molecular complexity index is 579. The van der Waals surface area contributed by atoms with Crippen molar-refractivity contribution in [2.75, 3.05) is 0 Å². The molecule has 0 aliphatic rings. The fourth-order valence-electron chi connectivity index (χ4n) is 1.51. The van der Waals surface area contributed by atoms with Crippen molar-refractivity contribution in [1.29, 1.82) is 0 Å². The Balaban J connectivity index is 0.000000217. The molecule has 106 valence electrons. The average molecular weight is 276 g/mol. The number of carboxylic acid groups (broad SMARTS) is 2. The summed E-state index contributed by atoms with van der Waals surface area (Å²) in [6, 6.07) is 5.31. The number of nitrogens with zero attached hydrogens (tertiary/aromatic N) is 2. The summed E-state index contributed by atoms with van der Waals surface area (Å²) in [6.45, 7) is 2.08. The molecule has 0 radical (unpaired) electrons. The Labute approximate surface area is 116 Å². The predicted molar refractivity (Wildman–Crippen MR) is 69.1 cm³/mol. The number of hydrogen-bond acceptors (Lipinski definition) is 3. The first-order chi connectivity index (χ1) is 9.34. The van der Waals surface area contributed by atoms with E-state index in [0.717, 1.165) is 0 Å². The summed E-state index contributed by atoms with van der Waals surface area (Å²) in [5, 5.41) is 18.9. The monoisotopic (exact) mass is 276 g/mol. The second kappa shape index (κ2) is 6.51. The lowest BCUT2D eigenvalue weighted by Crippen LogP contribution is -2.29. The Morgan fingerprint density at radius 2 is 1.80 bits per heavy atom. The van der Waals surface area contributed by atoms with Crippen molar-refractivity contribution in [1.82, 2.24) is 4.57 Å². The van der Waals surface area contributed by atoms with Gasteiger partial charge in [-0.2, -0.15) is 0 Å². The molecule has 1 heterocycles. The molecular weight excluding hydrogens is 260 g/mol. The number of benzene rings is 1. The first-order valence-corrected chi connectivity index (χ1v) is 5.85. The number of carbonyl (C=O) groups is 2. The van der Waals surface area contributed by atoms with E-state index in [0.29, 0.717) is 0 Å². The van der Waals surface area contributed by atoms with E-state index in [2.05, 4.69) is 16.1 Å². The van der Waals surface area contributed by atoms with Crippen LogP contribution in [0, 0.1) is 6.92 Å². The van der Waals surface area contributed by atoms with Crippen molar-refractivity contribution >= 4 is 11.9 Å². The van der Waals surface area contributed by atoms with Gasteiger partial charge in [-0.15, -0.1) is 0 Å². The third kappa shape index (κ3) is 3.68. The zero-order chi connectivity index (χ0) is 15.3. The lowest BCUT2D eigenvalue weighted by atomic mass is 10.1. The molecule has 2 rings (SSSR count). The largest absolute Gasteiger partial charge is 0.545 e. The minimum Gasteiger partial charge on any atom is -0.545 e. The lowest BCUT2D eigenvalue weighted by molar-refractivity contribution is -0.677. The molecule has 1 N–H and O–H groups in total. The highest BCUT2D eigenvalue weighted by molar-refractivity contribution is 6.00. The predicted octanol–water partition coefficient (Wildman–Crippen LogP) is -0.0937. The van der Waals surface area contributed by atoms with Crippen LogP contribution in [0.25, 0.3) is 0 Å². The molecule has 6 heteroatoms. The zero-order valence-corrected chi connectivity index (χ0v) is 11.5. The highest BCUT2D eigenvalue weighted by Gasteiger charge is 2.08. The highest BCUT2D eigenvalue weighted by atomic mass is 16.4. The topological polar surface area (TPSA) is 86.2 Å². The standard InChI is InChI=1S/C8H6O4.C6H11N2/c9-7(10)5-3-1-2-4-6(5)8(11)12;1-6-7(2)4-5-8(6)3/h1-4H,(H,9,10)(H,11,12);4-5H,1-3H3/q;+1/p-1. The Kier molecular flexibility index (Phi) is 5.02. The third-order valence-electron chi connectivity index (χ3n) is 2.91. The van der Waals surface area contributed by atoms with Gasteiger partial charge in [0, 0.05) is 12.5 Å². The van der Waals surface area contributed by atoms with Gasteiger partial charge in [0.2, 0.25) is 0 Å². The van der Waals surface area contributed by atoms with Gasteiger partial charge in [0.25, 0.3) is 5.82 Å². The molecule has 0 unspecified atom stereocenters. The number of aryl methyl sites for hydroxylation is 2. The number of rotatable bonds is 2. The molecule has 0 aliphatic carbocycles. The second-order valence-electron chi connectivity index (χ2n) is 4.21. The van der Waals surface area contributed by atoms with Crippen LogP contribution in [0.5, 0.6) is 0 Å². The van der Waals surface area contributed by atoms with Crippen LogP contribution in [0.3, 0.4) is 0 Å². The molecule has 0 aliphatic heterocycles. The van der Waals surface area contributed by atoms with Crippen LogP contribution >= 0.6 is 0 Å². The average Bonchev–Trinajstić information content (AvgIpc) is 2.70. The van der Waals surface area contributed by atoms with E-state index in [-0.39, 0.29) is 11.1 Å². The Morgan fingerprint density at radius 3 is 2.05 bits per heavy atom. The van der Waals surface area contributed by atoms with Crippen molar-refractivity contribution in [3.8, 4) is 0 Å². The Morgan fingerprint density at radius 1 is 1.25 bits per heavy atom. The van der Waals surface area contributed by atoms with Gasteiger partial charge in [-0.05, 0) is 6.07 Å². The Hall–Kier alpha value is -2.63. The number of hydrogen-bond donors (Lipinski definition) is 1. The van der Waals surface area contributed by atoms with E-state index in [9.17, 15) is 14.7 Å². The SMILES string of the molecule is Cc1n(C)cc[n+]1C.O=C([O-])c1ccccc1C(=O)O. The lowest BCUT2D eigenvalue weighted by Gasteiger charge is -2.04. The minimum atomic E-state index is -1.48. The van der Waals surface area contributed by atoms with Crippen molar-refractivity contribution in [2.45, 2.75) is 6.92 Å². The summed E-state index contributed by atoms with van der Waals surface area (Å²) in [4.78, 5) is 20.8. The van der Waals surface area contributed by atoms with Crippen LogP contribution in [0.4, 0.5) is 0 Å². The zero-order valence-electron chi connectivity index (χ0n) is 11.5. The molecular formula is C14H16N2O4. The molecule has 0 saturated carbocycles. The minimum absolute atomic E-state index is 0.252. The number of imidazole rings is 1. The molecule has 0 saturated heterocycles. The van der Waals surface area contributed by atoms with Gasteiger partial charge in [0.1, 0.15) is 12.4 Å². The first-order valence-electron chi connectivity index (χ1n) is 5.85. The maximum absolute atomic E-state index is 10.4. The molecule has 6 nitrogen and oxygen atoms in total. The number of aromatic carboxylic acids is 2. The summed E-state index contributed by atoms with van der Waals surface area (Å²) in [6.07, 6.45) is 4.07. The fraction of sp³-hybridized carbons (Fsp3) is 0.214. The molecule has 1 aromatic heterocycles. The summed E-state index contributed by atoms with van der Waals surface area (Å²) in [5.74, 6) is -1.48. The van der Waals surface area contributed by atoms with Crippen molar-refractivity contribution < 1.29 is 24.4 Å². The summed E-state index contributed by atoms with van der Waals surface area (Å²) >= 11 is 0. The van der Waals surface area contributed by atoms with Gasteiger partial charge in [0.15, 0.2) is 0 Å². The normalized spacial score (nSPS) is 9.55. The van der Waals surface area contributed by atoms with E-state index < -0.39 is 11.9 Å². The molecule has 0 amide bonds. The summed E-state index contributed by atoms with van der Waals surface area (Å²) < 4.78 is 4.17. The van der Waals surface area contributed by atoms with E-state index in [1.807, 2.05) is 26.5 Å². The van der Waals surface area contributed by atoms with Crippen molar-refractivity contribution in [3.05, 3.63) is 53.6 Å². The molecule has 20 heavy (non-hydrogen) atoms. The quantitative estimate of drug-likeness (QED) is 0.776. The van der Waals surface area contributed by atoms with E-state index >= 15 is 0 Å². The smallest absolute Gasteiger partial charge is 0.336 e. The van der Waals surface area contributed by atoms with Crippen molar-refractivity contribution in [3.63, 3.8) is 0 Å². The van der Waals surface area contributed by atoms with Gasteiger partial charge in [-0.1, -0.05) is 18.2 Å². The van der Waals surface area contributed by atoms with Crippen LogP contribution in [-0.4, -0.2) is 21.6 Å². The fourth-order valence-corrected chi connectivity index (χ4v) is 1.51. The van der Waals surface area contributed by atoms with Crippen LogP contribution in [0.15, 0.2) is 36.7 Å². The summed E-state index contributed by atoms with van der Waals surface area (Å²) in [5.41, 5.74) is -0.553. The van der Waals surface area contributed by atoms with Crippen molar-refractivity contribution in [2.24, 2.45) is 14.1 Å². The molecule has 0 fully saturated rings. The van der Waals surface area contributed by atoms with Gasteiger partial charge >= 0.3 is 5.97 Å². The molecule has 0 atom stereocenters. The molecule has 1 aromatic carbocycles. The second-order valence-corrected chi connectivity index (χ2v) is 4.21. The third-order valence-corrected chi connectivity index (χ3v) is 2.91. The molecule has 0 spiro atoms. The van der Waals surface area contributed by atoms with Crippen LogP contribution < -0.4 is 9.67 Å². The van der Waals surface area contributed by atoms with E-state index in [1.54, 1.807) is 0 Å². The maximum Gasteiger partial charge on any atom is 0.336 e. The highest BCUT2D eigenvalue weighted by Crippen LogP contribution is 2.06. The van der Waals surface area contributed by atoms with Crippen LogP contribution in [0.2, 0.25) is 0 Å². The number of carbonyl (C=O) groups excluding carboxylic acids is 1. The van der Waals surface area contributed by atoms with Gasteiger partial charge in [0.05, 0.1) is 25.6 Å². The van der Waals surface area contributed by atoms with Gasteiger partial charge in [-0.3, -0.25) is 0 Å². The number of aromatic nitrogens is 2. The number of carboxylic acids is 2. The van der Waals surface area contributed by atoms with Crippen LogP contribution in [-0.2, 0) is 14.1 Å². The van der Waals surface area contributed by atoms with Gasteiger partial charge < -0.3 is 15.0 Å². The summed E-state index contributed by atoms with van der Waals surface area (Å²) in [7, 11) is 4.07. The molecule has 2 aromatic rings. The first kappa shape index (κ1) is 15.4. The van der Waals surface area contributed by atoms with E-state index in [4.69, 9.17) is 5.11 Å².